The van der Waals surface area contributed by atoms with Crippen LogP contribution in [0.15, 0.2) is 54.7 Å². The molecule has 0 bridgehead atoms. The fourth-order valence-corrected chi connectivity index (χ4v) is 3.71. The molecule has 0 saturated heterocycles. The number of carbonyl (C=O) groups is 4. The van der Waals surface area contributed by atoms with Crippen molar-refractivity contribution in [3.8, 4) is 0 Å². The van der Waals surface area contributed by atoms with Crippen LogP contribution in [0.25, 0.3) is 0 Å². The van der Waals surface area contributed by atoms with E-state index < -0.39 is 54.0 Å². The predicted octanol–water partition coefficient (Wildman–Crippen LogP) is 1.29. The van der Waals surface area contributed by atoms with Gasteiger partial charge in [0.05, 0.1) is 18.6 Å². The monoisotopic (exact) mass is 556 g/mol. The zero-order chi connectivity index (χ0) is 29.9. The molecule has 12 heteroatoms. The highest BCUT2D eigenvalue weighted by atomic mass is 16.6. The summed E-state index contributed by atoms with van der Waals surface area (Å²) in [5.74, 6) is -2.16. The van der Waals surface area contributed by atoms with Gasteiger partial charge in [-0.3, -0.25) is 24.8 Å². The first kappa shape index (κ1) is 32.2. The van der Waals surface area contributed by atoms with Crippen LogP contribution in [0.3, 0.4) is 0 Å². The number of nitrogens with zero attached hydrogens (tertiary/aromatic N) is 2. The summed E-state index contributed by atoms with van der Waals surface area (Å²) in [7, 11) is 0. The summed E-state index contributed by atoms with van der Waals surface area (Å²) >= 11 is 0. The highest BCUT2D eigenvalue weighted by Gasteiger charge is 2.31. The van der Waals surface area contributed by atoms with Crippen molar-refractivity contribution in [1.29, 1.82) is 0 Å². The van der Waals surface area contributed by atoms with Gasteiger partial charge in [0.1, 0.15) is 17.3 Å². The van der Waals surface area contributed by atoms with Crippen molar-refractivity contribution in [3.63, 3.8) is 0 Å². The normalized spacial score (nSPS) is 13.7. The van der Waals surface area contributed by atoms with E-state index in [1.54, 1.807) is 32.9 Å². The van der Waals surface area contributed by atoms with Crippen LogP contribution in [-0.2, 0) is 20.7 Å². The van der Waals surface area contributed by atoms with Crippen molar-refractivity contribution in [2.24, 2.45) is 5.73 Å². The first-order chi connectivity index (χ1) is 18.7. The van der Waals surface area contributed by atoms with E-state index in [4.69, 9.17) is 10.5 Å². The average Bonchev–Trinajstić information content (AvgIpc) is 2.87. The van der Waals surface area contributed by atoms with Crippen molar-refractivity contribution in [2.75, 3.05) is 6.54 Å². The Morgan fingerprint density at radius 2 is 1.68 bits per heavy atom. The van der Waals surface area contributed by atoms with Gasteiger partial charge >= 0.3 is 6.09 Å². The Hall–Kier alpha value is -4.03. The van der Waals surface area contributed by atoms with Crippen LogP contribution in [0, 0.1) is 0 Å². The minimum Gasteiger partial charge on any atom is -0.443 e. The Kier molecular flexibility index (Phi) is 12.0. The maximum atomic E-state index is 13.3. The molecule has 2 aromatic rings. The van der Waals surface area contributed by atoms with Gasteiger partial charge in [-0.25, -0.2) is 9.80 Å². The van der Waals surface area contributed by atoms with Crippen LogP contribution < -0.4 is 21.8 Å². The maximum absolute atomic E-state index is 13.3. The second-order valence-corrected chi connectivity index (χ2v) is 10.6. The van der Waals surface area contributed by atoms with Crippen molar-refractivity contribution in [1.82, 2.24) is 26.1 Å². The molecule has 3 atom stereocenters. The van der Waals surface area contributed by atoms with Gasteiger partial charge in [-0.15, -0.1) is 0 Å². The van der Waals surface area contributed by atoms with E-state index >= 15 is 0 Å². The molecular weight excluding hydrogens is 516 g/mol. The predicted molar refractivity (Wildman–Crippen MR) is 149 cm³/mol. The number of hydrogen-bond acceptors (Lipinski definition) is 8. The molecule has 12 nitrogen and oxygen atoms in total. The number of nitrogens with one attached hydrogen (secondary N) is 3. The van der Waals surface area contributed by atoms with Gasteiger partial charge in [-0.2, -0.15) is 0 Å². The number of pyridine rings is 1. The third-order valence-corrected chi connectivity index (χ3v) is 5.66. The average molecular weight is 557 g/mol. The second-order valence-electron chi connectivity index (χ2n) is 10.6. The van der Waals surface area contributed by atoms with Crippen molar-refractivity contribution in [2.45, 2.75) is 77.3 Å². The third-order valence-electron chi connectivity index (χ3n) is 5.66. The summed E-state index contributed by atoms with van der Waals surface area (Å²) in [6.07, 6.45) is -0.672. The van der Waals surface area contributed by atoms with Gasteiger partial charge < -0.3 is 26.2 Å². The molecular formula is C28H40N6O6. The van der Waals surface area contributed by atoms with Gasteiger partial charge in [0.25, 0.3) is 5.91 Å². The second kappa shape index (κ2) is 14.9. The molecule has 1 heterocycles. The van der Waals surface area contributed by atoms with E-state index in [1.807, 2.05) is 44.2 Å². The molecule has 0 aliphatic carbocycles. The summed E-state index contributed by atoms with van der Waals surface area (Å²) in [6.45, 7) is 8.80. The first-order valence-electron chi connectivity index (χ1n) is 13.0. The number of benzene rings is 1. The molecule has 0 saturated carbocycles. The molecule has 0 aliphatic rings. The standard InChI is InChI=1S/C28H40N6O6/c1-18(2)34(33-27(39)40-28(3,4)5)17-23(35)21(15-19-11-7-6-8-12-19)31-26(38)22(16-24(29)36)32-25(37)20-13-9-10-14-30-20/h6-14,18,21-23,35H,15-17H2,1-5H3,(H2,29,36)(H,31,38)(H,32,37)(H,33,39)/t21-,22-,23-/m0/s1. The lowest BCUT2D eigenvalue weighted by Gasteiger charge is -2.33. The van der Waals surface area contributed by atoms with E-state index in [0.717, 1.165) is 5.56 Å². The number of primary amides is 1. The highest BCUT2D eigenvalue weighted by Crippen LogP contribution is 2.11. The fourth-order valence-electron chi connectivity index (χ4n) is 3.71. The Morgan fingerprint density at radius 3 is 2.23 bits per heavy atom. The molecule has 0 unspecified atom stereocenters. The first-order valence-corrected chi connectivity index (χ1v) is 13.0. The number of amides is 4. The van der Waals surface area contributed by atoms with Crippen LogP contribution in [0.1, 0.15) is 57.1 Å². The van der Waals surface area contributed by atoms with Gasteiger partial charge in [-0.05, 0) is 58.7 Å². The molecule has 1 aromatic carbocycles. The van der Waals surface area contributed by atoms with Crippen LogP contribution in [-0.4, -0.2) is 75.3 Å². The lowest BCUT2D eigenvalue weighted by atomic mass is 9.99. The minimum absolute atomic E-state index is 0.0600. The van der Waals surface area contributed by atoms with E-state index in [2.05, 4.69) is 21.0 Å². The molecule has 0 aliphatic heterocycles. The zero-order valence-electron chi connectivity index (χ0n) is 23.6. The SMILES string of the molecule is CC(C)N(C[C@H](O)[C@H](Cc1ccccc1)NC(=O)[C@H](CC(N)=O)NC(=O)c1ccccn1)NC(=O)OC(C)(C)C. The quantitative estimate of drug-likeness (QED) is 0.229. The highest BCUT2D eigenvalue weighted by molar-refractivity contribution is 5.97. The Labute approximate surface area is 234 Å². The van der Waals surface area contributed by atoms with E-state index in [0.29, 0.717) is 0 Å². The molecule has 2 rings (SSSR count). The lowest BCUT2D eigenvalue weighted by molar-refractivity contribution is -0.128. The number of aromatic nitrogens is 1. The van der Waals surface area contributed by atoms with Crippen LogP contribution >= 0.6 is 0 Å². The summed E-state index contributed by atoms with van der Waals surface area (Å²) in [4.78, 5) is 54.1. The lowest BCUT2D eigenvalue weighted by Crippen LogP contribution is -2.58. The molecule has 218 valence electrons. The van der Waals surface area contributed by atoms with Gasteiger partial charge in [0.15, 0.2) is 0 Å². The summed E-state index contributed by atoms with van der Waals surface area (Å²) in [6, 6.07) is 11.5. The van der Waals surface area contributed by atoms with E-state index in [-0.39, 0.29) is 24.7 Å². The summed E-state index contributed by atoms with van der Waals surface area (Å²) in [5.41, 5.74) is 8.17. The molecule has 6 N–H and O–H groups in total. The Bertz CT molecular complexity index is 1120. The number of aliphatic hydroxyl groups excluding tert-OH is 1. The van der Waals surface area contributed by atoms with E-state index in [9.17, 15) is 24.3 Å². The largest absolute Gasteiger partial charge is 0.443 e. The Balaban J connectivity index is 2.24. The van der Waals surface area contributed by atoms with Crippen LogP contribution in [0.2, 0.25) is 0 Å². The number of nitrogens with two attached hydrogens (primary N) is 1. The van der Waals surface area contributed by atoms with E-state index in [1.165, 1.54) is 17.3 Å². The summed E-state index contributed by atoms with van der Waals surface area (Å²) in [5, 5.41) is 18.0. The number of hydrazine groups is 1. The topological polar surface area (TPSA) is 176 Å². The van der Waals surface area contributed by atoms with Crippen molar-refractivity contribution in [3.05, 3.63) is 66.0 Å². The summed E-state index contributed by atoms with van der Waals surface area (Å²) < 4.78 is 5.33. The van der Waals surface area contributed by atoms with Crippen molar-refractivity contribution < 1.29 is 29.0 Å². The molecule has 0 fully saturated rings. The number of aliphatic hydroxyl groups is 1. The fraction of sp³-hybridized carbons (Fsp3) is 0.464. The molecule has 40 heavy (non-hydrogen) atoms. The number of rotatable bonds is 13. The van der Waals surface area contributed by atoms with Crippen LogP contribution in [0.4, 0.5) is 4.79 Å². The van der Waals surface area contributed by atoms with Gasteiger partial charge in [0.2, 0.25) is 11.8 Å². The number of carbonyl (C=O) groups excluding carboxylic acids is 4. The molecule has 0 radical (unpaired) electrons. The molecule has 0 spiro atoms. The molecule has 1 aromatic heterocycles. The smallest absolute Gasteiger partial charge is 0.422 e. The minimum atomic E-state index is -1.31. The third kappa shape index (κ3) is 11.4. The number of ether oxygens (including phenoxy) is 1. The maximum Gasteiger partial charge on any atom is 0.422 e. The molecule has 4 amide bonds. The number of hydrogen-bond donors (Lipinski definition) is 5. The Morgan fingerprint density at radius 1 is 1.02 bits per heavy atom. The van der Waals surface area contributed by atoms with Gasteiger partial charge in [-0.1, -0.05) is 36.4 Å². The van der Waals surface area contributed by atoms with Crippen LogP contribution in [0.5, 0.6) is 0 Å². The van der Waals surface area contributed by atoms with Gasteiger partial charge in [0, 0.05) is 18.8 Å². The zero-order valence-corrected chi connectivity index (χ0v) is 23.6. The van der Waals surface area contributed by atoms with Crippen molar-refractivity contribution >= 4 is 23.8 Å².